The van der Waals surface area contributed by atoms with E-state index in [1.807, 2.05) is 12.1 Å². The average molecular weight is 424 g/mol. The molecule has 0 aromatic heterocycles. The van der Waals surface area contributed by atoms with E-state index < -0.39 is 5.97 Å². The van der Waals surface area contributed by atoms with Crippen LogP contribution in [0.3, 0.4) is 0 Å². The highest BCUT2D eigenvalue weighted by Crippen LogP contribution is 2.49. The Hall–Kier alpha value is -1.03. The topological polar surface area (TPSA) is 49.3 Å². The maximum absolute atomic E-state index is 10.7. The summed E-state index contributed by atoms with van der Waals surface area (Å²) in [5.41, 5.74) is 2.26. The number of aliphatic carboxylic acids is 1. The smallest absolute Gasteiger partial charge is 0.303 e. The number of carbonyl (C=O) groups is 1. The number of hydrogen-bond donors (Lipinski definition) is 2. The van der Waals surface area contributed by atoms with Gasteiger partial charge in [-0.05, 0) is 98.9 Å². The van der Waals surface area contributed by atoms with Crippen molar-refractivity contribution in [2.45, 2.75) is 58.4 Å². The molecule has 2 bridgehead atoms. The molecule has 3 fully saturated rings. The molecule has 28 heavy (non-hydrogen) atoms. The summed E-state index contributed by atoms with van der Waals surface area (Å²) in [4.78, 5) is 10.7. The van der Waals surface area contributed by atoms with Crippen molar-refractivity contribution in [3.8, 4) is 0 Å². The Labute approximate surface area is 178 Å². The third-order valence-corrected chi connectivity index (χ3v) is 7.20. The van der Waals surface area contributed by atoms with Gasteiger partial charge in [0.1, 0.15) is 0 Å². The lowest BCUT2D eigenvalue weighted by molar-refractivity contribution is -0.137. The van der Waals surface area contributed by atoms with Crippen LogP contribution in [0.5, 0.6) is 0 Å². The zero-order chi connectivity index (χ0) is 20.1. The van der Waals surface area contributed by atoms with E-state index in [0.717, 1.165) is 53.9 Å². The zero-order valence-corrected chi connectivity index (χ0v) is 18.1. The first-order chi connectivity index (χ1) is 13.5. The van der Waals surface area contributed by atoms with Gasteiger partial charge in [0.2, 0.25) is 0 Å². The number of halogens is 2. The second-order valence-electron chi connectivity index (χ2n) is 8.44. The van der Waals surface area contributed by atoms with Crippen molar-refractivity contribution in [2.24, 2.45) is 23.7 Å². The number of fused-ring (bicyclic) bond motifs is 3. The van der Waals surface area contributed by atoms with E-state index in [-0.39, 0.29) is 6.42 Å². The van der Waals surface area contributed by atoms with Crippen molar-refractivity contribution in [1.82, 2.24) is 5.32 Å². The van der Waals surface area contributed by atoms with Gasteiger partial charge in [-0.1, -0.05) is 35.4 Å². The van der Waals surface area contributed by atoms with Gasteiger partial charge in [-0.3, -0.25) is 4.79 Å². The molecule has 0 saturated heterocycles. The molecule has 1 aromatic rings. The summed E-state index contributed by atoms with van der Waals surface area (Å²) >= 11 is 12.5. The van der Waals surface area contributed by atoms with Crippen LogP contribution in [0.2, 0.25) is 10.0 Å². The highest BCUT2D eigenvalue weighted by Gasteiger charge is 2.41. The van der Waals surface area contributed by atoms with Crippen LogP contribution in [-0.4, -0.2) is 17.6 Å². The molecular formula is C23H31Cl2NO2. The van der Waals surface area contributed by atoms with Crippen LogP contribution in [0.4, 0.5) is 0 Å². The molecule has 0 unspecified atom stereocenters. The van der Waals surface area contributed by atoms with E-state index in [4.69, 9.17) is 28.3 Å². The highest BCUT2D eigenvalue weighted by atomic mass is 35.5. The predicted octanol–water partition coefficient (Wildman–Crippen LogP) is 6.25. The molecule has 0 radical (unpaired) electrons. The molecule has 2 N–H and O–H groups in total. The lowest BCUT2D eigenvalue weighted by Crippen LogP contribution is -2.43. The van der Waals surface area contributed by atoms with Crippen molar-refractivity contribution in [1.29, 1.82) is 0 Å². The number of unbranched alkanes of at least 4 members (excludes halogenated alkanes) is 1. The molecule has 3 nitrogen and oxygen atoms in total. The summed E-state index contributed by atoms with van der Waals surface area (Å²) in [5.74, 6) is 2.16. The van der Waals surface area contributed by atoms with Crippen LogP contribution in [0.25, 0.3) is 0 Å². The van der Waals surface area contributed by atoms with Gasteiger partial charge < -0.3 is 10.4 Å². The molecule has 0 aliphatic heterocycles. The van der Waals surface area contributed by atoms with E-state index in [9.17, 15) is 4.79 Å². The van der Waals surface area contributed by atoms with Crippen LogP contribution >= 0.6 is 23.2 Å². The van der Waals surface area contributed by atoms with Gasteiger partial charge in [0.15, 0.2) is 0 Å². The monoisotopic (exact) mass is 423 g/mol. The Balaban J connectivity index is 1.57. The van der Waals surface area contributed by atoms with Gasteiger partial charge in [0, 0.05) is 23.0 Å². The molecule has 4 rings (SSSR count). The number of carboxylic acids is 1. The van der Waals surface area contributed by atoms with Crippen LogP contribution in [0.15, 0.2) is 24.3 Å². The number of nitrogens with one attached hydrogen (secondary N) is 1. The van der Waals surface area contributed by atoms with Crippen LogP contribution in [0, 0.1) is 30.6 Å². The molecule has 154 valence electrons. The number of carboxylic acid groups (broad SMARTS) is 1. The predicted molar refractivity (Wildman–Crippen MR) is 116 cm³/mol. The summed E-state index contributed by atoms with van der Waals surface area (Å²) in [6, 6.07) is 3.79. The number of rotatable bonds is 9. The van der Waals surface area contributed by atoms with E-state index in [0.29, 0.717) is 16.9 Å². The van der Waals surface area contributed by atoms with Crippen LogP contribution < -0.4 is 5.32 Å². The van der Waals surface area contributed by atoms with E-state index in [1.54, 1.807) is 0 Å². The minimum atomic E-state index is -0.705. The zero-order valence-electron chi connectivity index (χ0n) is 16.6. The molecule has 0 amide bonds. The third kappa shape index (κ3) is 5.52. The first-order valence-corrected chi connectivity index (χ1v) is 11.2. The summed E-state index contributed by atoms with van der Waals surface area (Å²) in [6.07, 6.45) is 11.8. The largest absolute Gasteiger partial charge is 0.481 e. The van der Waals surface area contributed by atoms with Crippen molar-refractivity contribution in [3.63, 3.8) is 0 Å². The molecule has 0 heterocycles. The van der Waals surface area contributed by atoms with Gasteiger partial charge in [0.05, 0.1) is 0 Å². The lowest BCUT2D eigenvalue weighted by Gasteiger charge is -2.48. The maximum Gasteiger partial charge on any atom is 0.303 e. The summed E-state index contributed by atoms with van der Waals surface area (Å²) in [5, 5.41) is 13.9. The Morgan fingerprint density at radius 3 is 2.61 bits per heavy atom. The molecule has 3 saturated carbocycles. The van der Waals surface area contributed by atoms with Gasteiger partial charge in [-0.25, -0.2) is 0 Å². The summed E-state index contributed by atoms with van der Waals surface area (Å²) < 4.78 is 0. The molecule has 2 atom stereocenters. The van der Waals surface area contributed by atoms with Gasteiger partial charge in [-0.2, -0.15) is 0 Å². The van der Waals surface area contributed by atoms with Crippen molar-refractivity contribution in [3.05, 3.63) is 45.5 Å². The van der Waals surface area contributed by atoms with E-state index in [2.05, 4.69) is 24.4 Å². The minimum absolute atomic E-state index is 0.257. The van der Waals surface area contributed by atoms with Gasteiger partial charge in [0.25, 0.3) is 0 Å². The third-order valence-electron chi connectivity index (χ3n) is 6.65. The normalized spacial score (nSPS) is 26.8. The first kappa shape index (κ1) is 21.7. The molecule has 1 aromatic carbocycles. The van der Waals surface area contributed by atoms with Crippen molar-refractivity contribution in [2.75, 3.05) is 6.54 Å². The fourth-order valence-electron chi connectivity index (χ4n) is 5.17. The molecule has 0 spiro atoms. The first-order valence-electron chi connectivity index (χ1n) is 10.5. The van der Waals surface area contributed by atoms with E-state index in [1.165, 1.54) is 25.7 Å². The highest BCUT2D eigenvalue weighted by molar-refractivity contribution is 6.35. The number of benzene rings is 1. The standard InChI is InChI=1S/C23H31Cl2NO2/c1-15-11-18(24)12-22(25)20(15)13-26-14-21-17-9-7-16(8-10-17)19(21)5-3-2-4-6-23(27)28/h3,5,11-12,16-17,19,21,26H,2,4,6-10,13-14H2,1H3,(H,27,28)/b5-3-/t16?,17?,19-,21-/m0/s1. The Morgan fingerprint density at radius 1 is 1.21 bits per heavy atom. The Kier molecular flexibility index (Phi) is 7.85. The average Bonchev–Trinajstić information content (AvgIpc) is 2.65. The van der Waals surface area contributed by atoms with Crippen molar-refractivity contribution >= 4 is 29.2 Å². The Bertz CT molecular complexity index is 688. The second-order valence-corrected chi connectivity index (χ2v) is 9.29. The molecule has 5 heteroatoms. The number of hydrogen-bond acceptors (Lipinski definition) is 2. The maximum atomic E-state index is 10.7. The Morgan fingerprint density at radius 2 is 1.93 bits per heavy atom. The van der Waals surface area contributed by atoms with Crippen LogP contribution in [0.1, 0.15) is 56.1 Å². The van der Waals surface area contributed by atoms with Crippen molar-refractivity contribution < 1.29 is 9.90 Å². The quantitative estimate of drug-likeness (QED) is 0.364. The summed E-state index contributed by atoms with van der Waals surface area (Å²) in [6.45, 7) is 3.83. The van der Waals surface area contributed by atoms with Crippen LogP contribution in [-0.2, 0) is 11.3 Å². The molecular weight excluding hydrogens is 393 g/mol. The SMILES string of the molecule is Cc1cc(Cl)cc(Cl)c1CNC[C@H]1C2CCC(CC2)[C@@H]1/C=C\CCCC(=O)O. The molecule has 3 aliphatic rings. The second kappa shape index (κ2) is 10.1. The number of aryl methyl sites for hydroxylation is 1. The minimum Gasteiger partial charge on any atom is -0.481 e. The van der Waals surface area contributed by atoms with Gasteiger partial charge in [-0.15, -0.1) is 0 Å². The summed E-state index contributed by atoms with van der Waals surface area (Å²) in [7, 11) is 0. The fraction of sp³-hybridized carbons (Fsp3) is 0.609. The molecule has 3 aliphatic carbocycles. The van der Waals surface area contributed by atoms with Gasteiger partial charge >= 0.3 is 5.97 Å². The fourth-order valence-corrected chi connectivity index (χ4v) is 5.83. The number of allylic oxidation sites excluding steroid dienone is 2. The lowest BCUT2D eigenvalue weighted by atomic mass is 9.58. The van der Waals surface area contributed by atoms with E-state index >= 15 is 0 Å².